The van der Waals surface area contributed by atoms with E-state index in [9.17, 15) is 0 Å². The van der Waals surface area contributed by atoms with Gasteiger partial charge in [0.05, 0.1) is 0 Å². The van der Waals surface area contributed by atoms with Crippen LogP contribution < -0.4 is 0 Å². The molecule has 0 N–H and O–H groups in total. The van der Waals surface area contributed by atoms with Crippen LogP contribution in [0.25, 0.3) is 66.1 Å². The summed E-state index contributed by atoms with van der Waals surface area (Å²) >= 11 is 6.71. The zero-order valence-corrected chi connectivity index (χ0v) is 22.1. The first-order valence-corrected chi connectivity index (χ1v) is 13.6. The minimum atomic E-state index is 0.735. The van der Waals surface area contributed by atoms with Crippen molar-refractivity contribution >= 4 is 33.1 Å². The summed E-state index contributed by atoms with van der Waals surface area (Å²) in [5.74, 6) is 0. The van der Waals surface area contributed by atoms with Crippen molar-refractivity contribution in [2.75, 3.05) is 0 Å². The standard InChI is InChI=1S/C38H25Cl/c39-28-23-24-35-36(25-28)38(32-20-10-8-18-30(32)27-15-5-2-6-16-27)34-22-12-11-21-33(34)37(35)31-19-9-7-17-29(31)26-13-3-1-4-14-26/h1-25H. The van der Waals surface area contributed by atoms with Gasteiger partial charge in [0.1, 0.15) is 0 Å². The van der Waals surface area contributed by atoms with E-state index in [1.807, 2.05) is 6.07 Å². The molecule has 0 aliphatic carbocycles. The van der Waals surface area contributed by atoms with Gasteiger partial charge in [-0.3, -0.25) is 0 Å². The van der Waals surface area contributed by atoms with Crippen molar-refractivity contribution in [1.29, 1.82) is 0 Å². The SMILES string of the molecule is Clc1ccc2c(-c3ccccc3-c3ccccc3)c3ccccc3c(-c3ccccc3-c3ccccc3)c2c1. The maximum absolute atomic E-state index is 6.71. The molecular formula is C38H25Cl. The molecule has 0 saturated heterocycles. The fourth-order valence-corrected chi connectivity index (χ4v) is 6.04. The molecule has 0 unspecified atom stereocenters. The highest BCUT2D eigenvalue weighted by atomic mass is 35.5. The Morgan fingerprint density at radius 2 is 0.692 bits per heavy atom. The quantitative estimate of drug-likeness (QED) is 0.204. The normalized spacial score (nSPS) is 11.2. The van der Waals surface area contributed by atoms with Crippen molar-refractivity contribution in [3.05, 3.63) is 157 Å². The van der Waals surface area contributed by atoms with E-state index in [0.29, 0.717) is 0 Å². The van der Waals surface area contributed by atoms with Gasteiger partial charge in [-0.2, -0.15) is 0 Å². The predicted molar refractivity (Wildman–Crippen MR) is 168 cm³/mol. The van der Waals surface area contributed by atoms with Crippen LogP contribution in [0.1, 0.15) is 0 Å². The van der Waals surface area contributed by atoms with Crippen LogP contribution in [-0.2, 0) is 0 Å². The van der Waals surface area contributed by atoms with E-state index in [2.05, 4.69) is 146 Å². The van der Waals surface area contributed by atoms with Crippen LogP contribution in [0.5, 0.6) is 0 Å². The van der Waals surface area contributed by atoms with Gasteiger partial charge in [-0.25, -0.2) is 0 Å². The zero-order chi connectivity index (χ0) is 26.2. The smallest absolute Gasteiger partial charge is 0.0412 e. The van der Waals surface area contributed by atoms with Gasteiger partial charge in [-0.1, -0.05) is 151 Å². The van der Waals surface area contributed by atoms with E-state index >= 15 is 0 Å². The Balaban J connectivity index is 1.63. The second-order valence-corrected chi connectivity index (χ2v) is 10.2. The summed E-state index contributed by atoms with van der Waals surface area (Å²) < 4.78 is 0. The Morgan fingerprint density at radius 3 is 1.21 bits per heavy atom. The van der Waals surface area contributed by atoms with Gasteiger partial charge in [0.25, 0.3) is 0 Å². The molecule has 0 atom stereocenters. The fraction of sp³-hybridized carbons (Fsp3) is 0. The molecule has 0 fully saturated rings. The van der Waals surface area contributed by atoms with Crippen LogP contribution in [0.3, 0.4) is 0 Å². The molecule has 0 spiro atoms. The number of benzene rings is 7. The highest BCUT2D eigenvalue weighted by Gasteiger charge is 2.20. The molecule has 0 radical (unpaired) electrons. The van der Waals surface area contributed by atoms with Gasteiger partial charge in [0.15, 0.2) is 0 Å². The van der Waals surface area contributed by atoms with Crippen LogP contribution in [0.4, 0.5) is 0 Å². The first kappa shape index (κ1) is 23.5. The third-order valence-corrected chi connectivity index (χ3v) is 7.78. The van der Waals surface area contributed by atoms with E-state index in [-0.39, 0.29) is 0 Å². The highest BCUT2D eigenvalue weighted by molar-refractivity contribution is 6.33. The van der Waals surface area contributed by atoms with E-state index in [4.69, 9.17) is 11.6 Å². The maximum atomic E-state index is 6.71. The zero-order valence-electron chi connectivity index (χ0n) is 21.3. The van der Waals surface area contributed by atoms with Crippen LogP contribution in [-0.4, -0.2) is 0 Å². The van der Waals surface area contributed by atoms with Gasteiger partial charge in [0.2, 0.25) is 0 Å². The van der Waals surface area contributed by atoms with Crippen LogP contribution in [0.15, 0.2) is 152 Å². The summed E-state index contributed by atoms with van der Waals surface area (Å²) in [5, 5.41) is 5.53. The number of fused-ring (bicyclic) bond motifs is 2. The Hall–Kier alpha value is -4.65. The fourth-order valence-electron chi connectivity index (χ4n) is 5.87. The number of hydrogen-bond acceptors (Lipinski definition) is 0. The van der Waals surface area contributed by atoms with E-state index in [1.54, 1.807) is 0 Å². The molecule has 0 aliphatic heterocycles. The Bertz CT molecular complexity index is 1950. The summed E-state index contributed by atoms with van der Waals surface area (Å²) in [4.78, 5) is 0. The molecule has 184 valence electrons. The lowest BCUT2D eigenvalue weighted by Gasteiger charge is -2.21. The summed E-state index contributed by atoms with van der Waals surface area (Å²) in [7, 11) is 0. The summed E-state index contributed by atoms with van der Waals surface area (Å²) in [6, 6.07) is 53.8. The second-order valence-electron chi connectivity index (χ2n) is 9.81. The largest absolute Gasteiger partial charge is 0.0843 e. The van der Waals surface area contributed by atoms with Crippen LogP contribution >= 0.6 is 11.6 Å². The minimum Gasteiger partial charge on any atom is -0.0843 e. The molecule has 0 aromatic heterocycles. The lowest BCUT2D eigenvalue weighted by atomic mass is 9.82. The first-order chi connectivity index (χ1) is 19.3. The third-order valence-electron chi connectivity index (χ3n) is 7.55. The predicted octanol–water partition coefficient (Wildman–Crippen LogP) is 11.3. The molecule has 0 nitrogen and oxygen atoms in total. The van der Waals surface area contributed by atoms with Gasteiger partial charge < -0.3 is 0 Å². The molecule has 7 aromatic carbocycles. The Kier molecular flexibility index (Phi) is 5.96. The molecule has 7 aromatic rings. The van der Waals surface area contributed by atoms with Gasteiger partial charge in [-0.05, 0) is 78.2 Å². The van der Waals surface area contributed by atoms with Crippen molar-refractivity contribution in [3.8, 4) is 44.5 Å². The summed E-state index contributed by atoms with van der Waals surface area (Å²) in [6.07, 6.45) is 0. The van der Waals surface area contributed by atoms with E-state index in [0.717, 1.165) is 10.4 Å². The average Bonchev–Trinajstić information content (AvgIpc) is 3.01. The number of halogens is 1. The molecule has 1 heteroatoms. The third kappa shape index (κ3) is 4.11. The lowest BCUT2D eigenvalue weighted by molar-refractivity contribution is 1.60. The molecule has 0 bridgehead atoms. The van der Waals surface area contributed by atoms with E-state index in [1.165, 1.54) is 60.7 Å². The first-order valence-electron chi connectivity index (χ1n) is 13.2. The molecule has 0 heterocycles. The van der Waals surface area contributed by atoms with Crippen molar-refractivity contribution in [2.45, 2.75) is 0 Å². The van der Waals surface area contributed by atoms with Gasteiger partial charge >= 0.3 is 0 Å². The Morgan fingerprint density at radius 1 is 0.308 bits per heavy atom. The maximum Gasteiger partial charge on any atom is 0.0412 e. The molecule has 0 aliphatic rings. The van der Waals surface area contributed by atoms with Crippen LogP contribution in [0.2, 0.25) is 5.02 Å². The molecule has 0 saturated carbocycles. The molecule has 7 rings (SSSR count). The van der Waals surface area contributed by atoms with Gasteiger partial charge in [0, 0.05) is 5.02 Å². The molecular weight excluding hydrogens is 492 g/mol. The lowest BCUT2D eigenvalue weighted by Crippen LogP contribution is -1.94. The second kappa shape index (κ2) is 9.91. The number of hydrogen-bond donors (Lipinski definition) is 0. The minimum absolute atomic E-state index is 0.735. The van der Waals surface area contributed by atoms with Crippen molar-refractivity contribution in [1.82, 2.24) is 0 Å². The molecule has 0 amide bonds. The van der Waals surface area contributed by atoms with Crippen LogP contribution in [0, 0.1) is 0 Å². The molecule has 39 heavy (non-hydrogen) atoms. The van der Waals surface area contributed by atoms with E-state index < -0.39 is 0 Å². The summed E-state index contributed by atoms with van der Waals surface area (Å²) in [5.41, 5.74) is 9.70. The monoisotopic (exact) mass is 516 g/mol. The van der Waals surface area contributed by atoms with Crippen molar-refractivity contribution in [3.63, 3.8) is 0 Å². The Labute approximate surface area is 233 Å². The van der Waals surface area contributed by atoms with Crippen molar-refractivity contribution < 1.29 is 0 Å². The number of rotatable bonds is 4. The topological polar surface area (TPSA) is 0 Å². The average molecular weight is 517 g/mol. The van der Waals surface area contributed by atoms with Crippen molar-refractivity contribution in [2.24, 2.45) is 0 Å². The summed E-state index contributed by atoms with van der Waals surface area (Å²) in [6.45, 7) is 0. The highest BCUT2D eigenvalue weighted by Crippen LogP contribution is 2.48. The van der Waals surface area contributed by atoms with Gasteiger partial charge in [-0.15, -0.1) is 0 Å².